The van der Waals surface area contributed by atoms with Gasteiger partial charge in [0.25, 0.3) is 5.91 Å². The number of piperazine rings is 1. The van der Waals surface area contributed by atoms with E-state index < -0.39 is 0 Å². The molecule has 0 spiro atoms. The predicted octanol–water partition coefficient (Wildman–Crippen LogP) is 3.79. The lowest BCUT2D eigenvalue weighted by Crippen LogP contribution is -2.49. The highest BCUT2D eigenvalue weighted by Gasteiger charge is 2.23. The van der Waals surface area contributed by atoms with Gasteiger partial charge in [0, 0.05) is 67.3 Å². The molecule has 7 heteroatoms. The topological polar surface area (TPSA) is 62.2 Å². The summed E-state index contributed by atoms with van der Waals surface area (Å²) in [6.07, 6.45) is 6.79. The van der Waals surface area contributed by atoms with E-state index in [0.29, 0.717) is 24.2 Å². The SMILES string of the molecule is O=C(c1cccc(-c2cnc3cc(F)ccc3c2)c1)N1CCN(c2cnccn2)CC1. The first-order chi connectivity index (χ1) is 15.2. The van der Waals surface area contributed by atoms with Crippen molar-refractivity contribution in [3.8, 4) is 11.1 Å². The number of aromatic nitrogens is 3. The minimum Gasteiger partial charge on any atom is -0.352 e. The minimum atomic E-state index is -0.306. The molecule has 154 valence electrons. The maximum atomic E-state index is 13.4. The summed E-state index contributed by atoms with van der Waals surface area (Å²) in [4.78, 5) is 29.9. The molecule has 2 aromatic heterocycles. The molecule has 0 unspecified atom stereocenters. The van der Waals surface area contributed by atoms with Crippen LogP contribution in [0.15, 0.2) is 73.3 Å². The lowest BCUT2D eigenvalue weighted by Gasteiger charge is -2.35. The Balaban J connectivity index is 1.33. The highest BCUT2D eigenvalue weighted by molar-refractivity contribution is 5.96. The number of benzene rings is 2. The molecule has 3 heterocycles. The van der Waals surface area contributed by atoms with Crippen LogP contribution >= 0.6 is 0 Å². The van der Waals surface area contributed by atoms with Crippen molar-refractivity contribution in [3.05, 3.63) is 84.7 Å². The van der Waals surface area contributed by atoms with Gasteiger partial charge in [0.1, 0.15) is 11.6 Å². The van der Waals surface area contributed by atoms with Crippen molar-refractivity contribution in [2.24, 2.45) is 0 Å². The fourth-order valence-electron chi connectivity index (χ4n) is 3.86. The first-order valence-corrected chi connectivity index (χ1v) is 10.1. The van der Waals surface area contributed by atoms with Crippen LogP contribution in [0.1, 0.15) is 10.4 Å². The number of nitrogens with zero attached hydrogens (tertiary/aromatic N) is 5. The van der Waals surface area contributed by atoms with Crippen molar-refractivity contribution in [2.75, 3.05) is 31.1 Å². The Kier molecular flexibility index (Phi) is 5.00. The number of rotatable bonds is 3. The summed E-state index contributed by atoms with van der Waals surface area (Å²) < 4.78 is 13.4. The van der Waals surface area contributed by atoms with Crippen LogP contribution in [-0.2, 0) is 0 Å². The Hall–Kier alpha value is -3.87. The second-order valence-corrected chi connectivity index (χ2v) is 7.48. The van der Waals surface area contributed by atoms with Crippen LogP contribution in [0.5, 0.6) is 0 Å². The molecule has 0 N–H and O–H groups in total. The molecule has 4 aromatic rings. The fraction of sp³-hybridized carbons (Fsp3) is 0.167. The molecule has 0 atom stereocenters. The first-order valence-electron chi connectivity index (χ1n) is 10.1. The highest BCUT2D eigenvalue weighted by Crippen LogP contribution is 2.25. The Morgan fingerprint density at radius 2 is 1.74 bits per heavy atom. The number of anilines is 1. The van der Waals surface area contributed by atoms with E-state index in [2.05, 4.69) is 19.9 Å². The monoisotopic (exact) mass is 413 g/mol. The van der Waals surface area contributed by atoms with Gasteiger partial charge in [0.15, 0.2) is 0 Å². The molecule has 5 rings (SSSR count). The quantitative estimate of drug-likeness (QED) is 0.511. The van der Waals surface area contributed by atoms with Crippen LogP contribution < -0.4 is 4.90 Å². The van der Waals surface area contributed by atoms with Gasteiger partial charge in [0.05, 0.1) is 11.7 Å². The second kappa shape index (κ2) is 8.10. The van der Waals surface area contributed by atoms with Gasteiger partial charge in [-0.2, -0.15) is 0 Å². The molecule has 1 aliphatic heterocycles. The van der Waals surface area contributed by atoms with E-state index in [4.69, 9.17) is 0 Å². The van der Waals surface area contributed by atoms with Gasteiger partial charge in [-0.25, -0.2) is 9.37 Å². The molecule has 31 heavy (non-hydrogen) atoms. The van der Waals surface area contributed by atoms with Gasteiger partial charge in [-0.15, -0.1) is 0 Å². The number of fused-ring (bicyclic) bond motifs is 1. The van der Waals surface area contributed by atoms with Crippen LogP contribution in [-0.4, -0.2) is 51.9 Å². The first kappa shape index (κ1) is 19.1. The number of halogens is 1. The van der Waals surface area contributed by atoms with Crippen LogP contribution in [0.4, 0.5) is 10.2 Å². The number of carbonyl (C=O) groups excluding carboxylic acids is 1. The largest absolute Gasteiger partial charge is 0.352 e. The maximum Gasteiger partial charge on any atom is 0.253 e. The van der Waals surface area contributed by atoms with Crippen LogP contribution in [0.25, 0.3) is 22.0 Å². The molecule has 6 nitrogen and oxygen atoms in total. The van der Waals surface area contributed by atoms with Crippen molar-refractivity contribution in [1.29, 1.82) is 0 Å². The highest BCUT2D eigenvalue weighted by atomic mass is 19.1. The Labute approximate surface area is 179 Å². The van der Waals surface area contributed by atoms with E-state index in [-0.39, 0.29) is 11.7 Å². The number of pyridine rings is 1. The van der Waals surface area contributed by atoms with Crippen molar-refractivity contribution in [3.63, 3.8) is 0 Å². The fourth-order valence-corrected chi connectivity index (χ4v) is 3.86. The summed E-state index contributed by atoms with van der Waals surface area (Å²) in [7, 11) is 0. The molecular weight excluding hydrogens is 393 g/mol. The summed E-state index contributed by atoms with van der Waals surface area (Å²) in [5.41, 5.74) is 3.05. The summed E-state index contributed by atoms with van der Waals surface area (Å²) in [5, 5.41) is 0.857. The number of hydrogen-bond acceptors (Lipinski definition) is 5. The molecule has 1 aliphatic rings. The third-order valence-electron chi connectivity index (χ3n) is 5.53. The molecular formula is C24H20FN5O. The Morgan fingerprint density at radius 3 is 2.55 bits per heavy atom. The molecule has 0 radical (unpaired) electrons. The van der Waals surface area contributed by atoms with Crippen molar-refractivity contribution >= 4 is 22.6 Å². The van der Waals surface area contributed by atoms with E-state index in [1.807, 2.05) is 35.2 Å². The smallest absolute Gasteiger partial charge is 0.253 e. The van der Waals surface area contributed by atoms with Crippen molar-refractivity contribution < 1.29 is 9.18 Å². The standard InChI is InChI=1S/C24H20FN5O/c25-21-5-4-18-13-20(15-28-22(18)14-21)17-2-1-3-19(12-17)24(31)30-10-8-29(9-11-30)23-16-26-6-7-27-23/h1-7,12-16H,8-11H2. The molecule has 0 bridgehead atoms. The van der Waals surface area contributed by atoms with Crippen molar-refractivity contribution in [1.82, 2.24) is 19.9 Å². The lowest BCUT2D eigenvalue weighted by atomic mass is 10.0. The van der Waals surface area contributed by atoms with Gasteiger partial charge in [0.2, 0.25) is 0 Å². The van der Waals surface area contributed by atoms with Crippen LogP contribution in [0.3, 0.4) is 0 Å². The van der Waals surface area contributed by atoms with Gasteiger partial charge in [-0.3, -0.25) is 14.8 Å². The molecule has 2 aromatic carbocycles. The third-order valence-corrected chi connectivity index (χ3v) is 5.53. The van der Waals surface area contributed by atoms with Gasteiger partial charge >= 0.3 is 0 Å². The normalized spacial score (nSPS) is 14.1. The van der Waals surface area contributed by atoms with E-state index in [0.717, 1.165) is 35.4 Å². The van der Waals surface area contributed by atoms with E-state index in [1.54, 1.807) is 30.9 Å². The van der Waals surface area contributed by atoms with Gasteiger partial charge < -0.3 is 9.80 Å². The average molecular weight is 413 g/mol. The minimum absolute atomic E-state index is 0.0106. The summed E-state index contributed by atoms with van der Waals surface area (Å²) >= 11 is 0. The second-order valence-electron chi connectivity index (χ2n) is 7.48. The zero-order valence-corrected chi connectivity index (χ0v) is 16.8. The summed E-state index contributed by atoms with van der Waals surface area (Å²) in [5.74, 6) is 0.538. The summed E-state index contributed by atoms with van der Waals surface area (Å²) in [6.45, 7) is 2.69. The molecule has 1 fully saturated rings. The molecule has 0 aliphatic carbocycles. The van der Waals surface area contributed by atoms with Crippen LogP contribution in [0.2, 0.25) is 0 Å². The molecule has 0 saturated carbocycles. The summed E-state index contributed by atoms with van der Waals surface area (Å²) in [6, 6.07) is 14.1. The molecule has 1 amide bonds. The number of hydrogen-bond donors (Lipinski definition) is 0. The average Bonchev–Trinajstić information content (AvgIpc) is 2.84. The zero-order valence-electron chi connectivity index (χ0n) is 16.8. The zero-order chi connectivity index (χ0) is 21.2. The van der Waals surface area contributed by atoms with E-state index in [1.165, 1.54) is 12.1 Å². The van der Waals surface area contributed by atoms with Gasteiger partial charge in [-0.1, -0.05) is 12.1 Å². The molecule has 1 saturated heterocycles. The number of carbonyl (C=O) groups is 1. The van der Waals surface area contributed by atoms with Crippen molar-refractivity contribution in [2.45, 2.75) is 0 Å². The predicted molar refractivity (Wildman–Crippen MR) is 117 cm³/mol. The number of amides is 1. The van der Waals surface area contributed by atoms with Crippen LogP contribution in [0, 0.1) is 5.82 Å². The maximum absolute atomic E-state index is 13.4. The Bertz CT molecular complexity index is 1240. The Morgan fingerprint density at radius 1 is 0.871 bits per heavy atom. The lowest BCUT2D eigenvalue weighted by molar-refractivity contribution is 0.0746. The van der Waals surface area contributed by atoms with E-state index in [9.17, 15) is 9.18 Å². The van der Waals surface area contributed by atoms with Gasteiger partial charge in [-0.05, 0) is 35.9 Å². The third kappa shape index (κ3) is 3.94. The van der Waals surface area contributed by atoms with E-state index >= 15 is 0 Å².